The van der Waals surface area contributed by atoms with Crippen molar-refractivity contribution in [3.8, 4) is 11.3 Å². The van der Waals surface area contributed by atoms with Gasteiger partial charge in [0.25, 0.3) is 0 Å². The SMILES string of the molecule is Cn1nn[c]c1-c1ccccc1. The molecule has 0 fully saturated rings. The lowest BCUT2D eigenvalue weighted by atomic mass is 10.2. The Morgan fingerprint density at radius 3 is 2.58 bits per heavy atom. The predicted octanol–water partition coefficient (Wildman–Crippen LogP) is 1.28. The van der Waals surface area contributed by atoms with Crippen molar-refractivity contribution in [2.75, 3.05) is 0 Å². The minimum absolute atomic E-state index is 0.913. The second-order valence-electron chi connectivity index (χ2n) is 2.54. The predicted molar refractivity (Wildman–Crippen MR) is 45.3 cm³/mol. The van der Waals surface area contributed by atoms with Gasteiger partial charge >= 0.3 is 0 Å². The van der Waals surface area contributed by atoms with Crippen LogP contribution in [-0.2, 0) is 7.05 Å². The zero-order valence-electron chi connectivity index (χ0n) is 6.73. The summed E-state index contributed by atoms with van der Waals surface area (Å²) < 4.78 is 1.70. The molecule has 0 atom stereocenters. The quantitative estimate of drug-likeness (QED) is 0.626. The smallest absolute Gasteiger partial charge is 0.143 e. The van der Waals surface area contributed by atoms with Gasteiger partial charge < -0.3 is 0 Å². The first-order valence-corrected chi connectivity index (χ1v) is 3.71. The van der Waals surface area contributed by atoms with E-state index in [1.165, 1.54) is 0 Å². The molecule has 3 heteroatoms. The molecule has 0 bridgehead atoms. The minimum Gasteiger partial charge on any atom is -0.247 e. The fourth-order valence-electron chi connectivity index (χ4n) is 1.10. The van der Waals surface area contributed by atoms with E-state index in [1.54, 1.807) is 4.68 Å². The van der Waals surface area contributed by atoms with Gasteiger partial charge in [-0.25, -0.2) is 4.68 Å². The number of benzene rings is 1. The van der Waals surface area contributed by atoms with Crippen molar-refractivity contribution in [3.05, 3.63) is 36.5 Å². The molecule has 0 amide bonds. The highest BCUT2D eigenvalue weighted by atomic mass is 15.4. The summed E-state index contributed by atoms with van der Waals surface area (Å²) in [6.45, 7) is 0. The van der Waals surface area contributed by atoms with Crippen LogP contribution >= 0.6 is 0 Å². The molecule has 1 radical (unpaired) electrons. The molecule has 0 unspecified atom stereocenters. The molecule has 2 aromatic rings. The van der Waals surface area contributed by atoms with E-state index >= 15 is 0 Å². The van der Waals surface area contributed by atoms with Crippen molar-refractivity contribution in [1.29, 1.82) is 0 Å². The van der Waals surface area contributed by atoms with Gasteiger partial charge in [0.2, 0.25) is 0 Å². The molecule has 0 saturated carbocycles. The molecular weight excluding hydrogens is 150 g/mol. The molecule has 0 N–H and O–H groups in total. The van der Waals surface area contributed by atoms with Crippen LogP contribution in [0.1, 0.15) is 0 Å². The summed E-state index contributed by atoms with van der Waals surface area (Å²) in [4.78, 5) is 0. The van der Waals surface area contributed by atoms with Crippen LogP contribution in [0.5, 0.6) is 0 Å². The van der Waals surface area contributed by atoms with Crippen molar-refractivity contribution >= 4 is 0 Å². The molecule has 1 aromatic carbocycles. The van der Waals surface area contributed by atoms with Crippen LogP contribution in [0.25, 0.3) is 11.3 Å². The molecule has 0 aliphatic rings. The van der Waals surface area contributed by atoms with Gasteiger partial charge in [-0.15, -0.1) is 5.10 Å². The molecular formula is C9H8N3. The molecule has 0 spiro atoms. The van der Waals surface area contributed by atoms with E-state index in [4.69, 9.17) is 0 Å². The average Bonchev–Trinajstić information content (AvgIpc) is 2.53. The third-order valence-electron chi connectivity index (χ3n) is 1.71. The first kappa shape index (κ1) is 7.03. The van der Waals surface area contributed by atoms with Crippen molar-refractivity contribution in [2.45, 2.75) is 0 Å². The van der Waals surface area contributed by atoms with Gasteiger partial charge in [0.15, 0.2) is 0 Å². The van der Waals surface area contributed by atoms with E-state index < -0.39 is 0 Å². The van der Waals surface area contributed by atoms with Crippen molar-refractivity contribution in [1.82, 2.24) is 15.0 Å². The third-order valence-corrected chi connectivity index (χ3v) is 1.71. The number of hydrogen-bond acceptors (Lipinski definition) is 2. The molecule has 3 nitrogen and oxygen atoms in total. The molecule has 1 heterocycles. The monoisotopic (exact) mass is 158 g/mol. The van der Waals surface area contributed by atoms with E-state index in [0.717, 1.165) is 11.3 Å². The molecule has 0 aliphatic carbocycles. The summed E-state index contributed by atoms with van der Waals surface area (Å²) >= 11 is 0. The van der Waals surface area contributed by atoms with Crippen LogP contribution in [0.15, 0.2) is 30.3 Å². The van der Waals surface area contributed by atoms with Gasteiger partial charge in [0.05, 0.1) is 5.69 Å². The lowest BCUT2D eigenvalue weighted by molar-refractivity contribution is 0.720. The highest BCUT2D eigenvalue weighted by molar-refractivity contribution is 5.57. The maximum atomic E-state index is 3.80. The normalized spacial score (nSPS) is 10.1. The second-order valence-corrected chi connectivity index (χ2v) is 2.54. The fraction of sp³-hybridized carbons (Fsp3) is 0.111. The topological polar surface area (TPSA) is 30.7 Å². The summed E-state index contributed by atoms with van der Waals surface area (Å²) in [7, 11) is 1.85. The molecule has 1 aromatic heterocycles. The second kappa shape index (κ2) is 2.77. The summed E-state index contributed by atoms with van der Waals surface area (Å²) in [6, 6.07) is 9.96. The van der Waals surface area contributed by atoms with Gasteiger partial charge in [-0.1, -0.05) is 35.5 Å². The number of aromatic nitrogens is 3. The summed E-state index contributed by atoms with van der Waals surface area (Å²) in [5, 5.41) is 7.49. The Hall–Kier alpha value is -1.64. The number of hydrogen-bond donors (Lipinski definition) is 0. The van der Waals surface area contributed by atoms with E-state index in [1.807, 2.05) is 37.4 Å². The van der Waals surface area contributed by atoms with E-state index in [2.05, 4.69) is 16.5 Å². The highest BCUT2D eigenvalue weighted by Crippen LogP contribution is 2.14. The zero-order valence-corrected chi connectivity index (χ0v) is 6.73. The number of rotatable bonds is 1. The maximum absolute atomic E-state index is 3.80. The first-order valence-electron chi connectivity index (χ1n) is 3.71. The Balaban J connectivity index is 2.51. The van der Waals surface area contributed by atoms with Crippen LogP contribution in [-0.4, -0.2) is 15.0 Å². The Labute approximate surface area is 70.6 Å². The Kier molecular flexibility index (Phi) is 1.63. The summed E-state index contributed by atoms with van der Waals surface area (Å²) in [5.41, 5.74) is 2.00. The largest absolute Gasteiger partial charge is 0.247 e. The molecule has 12 heavy (non-hydrogen) atoms. The van der Waals surface area contributed by atoms with Crippen molar-refractivity contribution in [2.24, 2.45) is 7.05 Å². The summed E-state index contributed by atoms with van der Waals surface area (Å²) in [5.74, 6) is 0. The Bertz CT molecular complexity index is 364. The molecule has 59 valence electrons. The van der Waals surface area contributed by atoms with Gasteiger partial charge in [0.1, 0.15) is 6.20 Å². The third kappa shape index (κ3) is 1.09. The molecule has 0 aliphatic heterocycles. The van der Waals surface area contributed by atoms with Gasteiger partial charge in [-0.05, 0) is 0 Å². The van der Waals surface area contributed by atoms with Crippen LogP contribution < -0.4 is 0 Å². The van der Waals surface area contributed by atoms with Crippen LogP contribution in [0, 0.1) is 6.20 Å². The van der Waals surface area contributed by atoms with Crippen LogP contribution in [0.4, 0.5) is 0 Å². The van der Waals surface area contributed by atoms with Crippen molar-refractivity contribution < 1.29 is 0 Å². The van der Waals surface area contributed by atoms with Gasteiger partial charge in [-0.2, -0.15) is 0 Å². The number of nitrogens with zero attached hydrogens (tertiary/aromatic N) is 3. The van der Waals surface area contributed by atoms with Crippen molar-refractivity contribution in [3.63, 3.8) is 0 Å². The number of aryl methyl sites for hydroxylation is 1. The lowest BCUT2D eigenvalue weighted by Gasteiger charge is -1.97. The Morgan fingerprint density at radius 1 is 1.25 bits per heavy atom. The van der Waals surface area contributed by atoms with Gasteiger partial charge in [0, 0.05) is 12.6 Å². The van der Waals surface area contributed by atoms with Gasteiger partial charge in [-0.3, -0.25) is 0 Å². The van der Waals surface area contributed by atoms with Crippen LogP contribution in [0.3, 0.4) is 0 Å². The van der Waals surface area contributed by atoms with E-state index in [-0.39, 0.29) is 0 Å². The minimum atomic E-state index is 0.913. The summed E-state index contributed by atoms with van der Waals surface area (Å²) in [6.07, 6.45) is 2.82. The first-order chi connectivity index (χ1) is 5.88. The standard InChI is InChI=1S/C9H8N3/c1-12-9(7-10-11-12)8-5-3-2-4-6-8/h2-6H,1H3. The molecule has 0 saturated heterocycles. The average molecular weight is 158 g/mol. The van der Waals surface area contributed by atoms with Crippen LogP contribution in [0.2, 0.25) is 0 Å². The maximum Gasteiger partial charge on any atom is 0.143 e. The van der Waals surface area contributed by atoms with E-state index in [9.17, 15) is 0 Å². The van der Waals surface area contributed by atoms with E-state index in [0.29, 0.717) is 0 Å². The Morgan fingerprint density at radius 2 is 2.00 bits per heavy atom. The zero-order chi connectivity index (χ0) is 8.39. The lowest BCUT2D eigenvalue weighted by Crippen LogP contribution is -1.93. The fourth-order valence-corrected chi connectivity index (χ4v) is 1.10. The highest BCUT2D eigenvalue weighted by Gasteiger charge is 2.01. The molecule has 2 rings (SSSR count).